The van der Waals surface area contributed by atoms with Crippen LogP contribution in [0, 0.1) is 5.92 Å². The molecule has 0 amide bonds. The van der Waals surface area contributed by atoms with Crippen LogP contribution >= 0.6 is 0 Å². The summed E-state index contributed by atoms with van der Waals surface area (Å²) in [6, 6.07) is 10.7. The van der Waals surface area contributed by atoms with Gasteiger partial charge in [-0.2, -0.15) is 0 Å². The summed E-state index contributed by atoms with van der Waals surface area (Å²) in [6.07, 6.45) is 6.72. The summed E-state index contributed by atoms with van der Waals surface area (Å²) >= 11 is 0. The van der Waals surface area contributed by atoms with E-state index in [9.17, 15) is 0 Å². The van der Waals surface area contributed by atoms with Crippen LogP contribution in [-0.2, 0) is 0 Å². The van der Waals surface area contributed by atoms with Crippen molar-refractivity contribution in [1.82, 2.24) is 0 Å². The second kappa shape index (κ2) is 5.11. The van der Waals surface area contributed by atoms with E-state index in [4.69, 9.17) is 4.99 Å². The van der Waals surface area contributed by atoms with E-state index in [0.717, 1.165) is 12.3 Å². The molecule has 0 radical (unpaired) electrons. The lowest BCUT2D eigenvalue weighted by Crippen LogP contribution is -1.96. The molecule has 1 unspecified atom stereocenters. The minimum atomic E-state index is 0.253. The Hall–Kier alpha value is -1.37. The van der Waals surface area contributed by atoms with Gasteiger partial charge in [0.2, 0.25) is 0 Å². The first-order chi connectivity index (χ1) is 7.75. The molecule has 1 aliphatic rings. The zero-order chi connectivity index (χ0) is 11.4. The van der Waals surface area contributed by atoms with Crippen LogP contribution in [-0.4, -0.2) is 5.71 Å². The van der Waals surface area contributed by atoms with Gasteiger partial charge in [-0.25, -0.2) is 0 Å². The topological polar surface area (TPSA) is 12.4 Å². The molecule has 0 fully saturated rings. The Labute approximate surface area is 97.9 Å². The van der Waals surface area contributed by atoms with Crippen molar-refractivity contribution < 1.29 is 0 Å². The molecular weight excluding hydrogens is 194 g/mol. The quantitative estimate of drug-likeness (QED) is 0.711. The van der Waals surface area contributed by atoms with Gasteiger partial charge in [0.1, 0.15) is 0 Å². The highest BCUT2D eigenvalue weighted by Crippen LogP contribution is 2.24. The number of hydrogen-bond donors (Lipinski definition) is 0. The maximum atomic E-state index is 4.74. The van der Waals surface area contributed by atoms with Gasteiger partial charge in [-0.3, -0.25) is 4.99 Å². The van der Waals surface area contributed by atoms with Crippen molar-refractivity contribution >= 4 is 5.71 Å². The van der Waals surface area contributed by atoms with Gasteiger partial charge < -0.3 is 0 Å². The van der Waals surface area contributed by atoms with Crippen LogP contribution < -0.4 is 0 Å². The van der Waals surface area contributed by atoms with Gasteiger partial charge in [0, 0.05) is 5.71 Å². The fraction of sp³-hybridized carbons (Fsp3) is 0.400. The van der Waals surface area contributed by atoms with E-state index >= 15 is 0 Å². The van der Waals surface area contributed by atoms with Crippen molar-refractivity contribution in [3.63, 3.8) is 0 Å². The fourth-order valence-electron chi connectivity index (χ4n) is 1.89. The molecule has 1 heterocycles. The molecule has 0 aliphatic carbocycles. The number of hydrogen-bond acceptors (Lipinski definition) is 1. The normalized spacial score (nSPS) is 19.2. The van der Waals surface area contributed by atoms with E-state index in [1.54, 1.807) is 0 Å². The molecule has 1 aromatic carbocycles. The summed E-state index contributed by atoms with van der Waals surface area (Å²) in [5.74, 6) is 0.756. The predicted molar refractivity (Wildman–Crippen MR) is 69.8 cm³/mol. The highest BCUT2D eigenvalue weighted by atomic mass is 14.8. The van der Waals surface area contributed by atoms with Gasteiger partial charge in [-0.05, 0) is 30.4 Å². The SMILES string of the molecule is CC(C)CCC1=NC(c2ccccc2)C=C1. The van der Waals surface area contributed by atoms with E-state index < -0.39 is 0 Å². The van der Waals surface area contributed by atoms with Crippen molar-refractivity contribution in [3.8, 4) is 0 Å². The zero-order valence-electron chi connectivity index (χ0n) is 10.1. The van der Waals surface area contributed by atoms with Crippen molar-refractivity contribution in [2.45, 2.75) is 32.7 Å². The molecule has 1 atom stereocenters. The molecule has 0 bridgehead atoms. The van der Waals surface area contributed by atoms with E-state index in [0.29, 0.717) is 0 Å². The first kappa shape index (κ1) is 11.1. The number of aliphatic imine (C=N–C) groups is 1. The smallest absolute Gasteiger partial charge is 0.0937 e. The van der Waals surface area contributed by atoms with Crippen LogP contribution in [0.2, 0.25) is 0 Å². The second-order valence-electron chi connectivity index (χ2n) is 4.77. The van der Waals surface area contributed by atoms with Gasteiger partial charge >= 0.3 is 0 Å². The monoisotopic (exact) mass is 213 g/mol. The van der Waals surface area contributed by atoms with Crippen LogP contribution in [0.15, 0.2) is 47.5 Å². The molecule has 1 nitrogen and oxygen atoms in total. The third-order valence-electron chi connectivity index (χ3n) is 2.89. The molecule has 2 rings (SSSR count). The number of nitrogens with zero attached hydrogens (tertiary/aromatic N) is 1. The maximum Gasteiger partial charge on any atom is 0.0937 e. The molecule has 0 spiro atoms. The van der Waals surface area contributed by atoms with Gasteiger partial charge in [0.15, 0.2) is 0 Å². The minimum absolute atomic E-state index is 0.253. The average molecular weight is 213 g/mol. The predicted octanol–water partition coefficient (Wildman–Crippen LogP) is 4.17. The molecule has 0 saturated heterocycles. The van der Waals surface area contributed by atoms with Crippen LogP contribution in [0.25, 0.3) is 0 Å². The van der Waals surface area contributed by atoms with E-state index in [2.05, 4.69) is 50.3 Å². The molecule has 0 saturated carbocycles. The van der Waals surface area contributed by atoms with Crippen LogP contribution in [0.5, 0.6) is 0 Å². The Bertz CT molecular complexity index is 387. The Morgan fingerprint density at radius 1 is 1.19 bits per heavy atom. The minimum Gasteiger partial charge on any atom is -0.278 e. The Kier molecular flexibility index (Phi) is 3.55. The average Bonchev–Trinajstić information content (AvgIpc) is 2.76. The standard InChI is InChI=1S/C15H19N/c1-12(2)8-9-14-10-11-15(16-14)13-6-4-3-5-7-13/h3-7,10-12,15H,8-9H2,1-2H3. The van der Waals surface area contributed by atoms with Crippen molar-refractivity contribution in [2.75, 3.05) is 0 Å². The van der Waals surface area contributed by atoms with Crippen LogP contribution in [0.3, 0.4) is 0 Å². The van der Waals surface area contributed by atoms with E-state index in [1.807, 2.05) is 6.07 Å². The number of allylic oxidation sites excluding steroid dienone is 1. The molecule has 1 aromatic rings. The molecule has 1 heteroatoms. The van der Waals surface area contributed by atoms with Gasteiger partial charge in [-0.1, -0.05) is 50.3 Å². The first-order valence-corrected chi connectivity index (χ1v) is 6.05. The van der Waals surface area contributed by atoms with Crippen molar-refractivity contribution in [2.24, 2.45) is 10.9 Å². The summed E-state index contributed by atoms with van der Waals surface area (Å²) in [5, 5.41) is 0. The highest BCUT2D eigenvalue weighted by Gasteiger charge is 2.12. The number of rotatable bonds is 4. The summed E-state index contributed by atoms with van der Waals surface area (Å²) in [7, 11) is 0. The Morgan fingerprint density at radius 3 is 2.62 bits per heavy atom. The van der Waals surface area contributed by atoms with Crippen LogP contribution in [0.4, 0.5) is 0 Å². The van der Waals surface area contributed by atoms with Crippen molar-refractivity contribution in [3.05, 3.63) is 48.0 Å². The number of benzene rings is 1. The van der Waals surface area contributed by atoms with Crippen molar-refractivity contribution in [1.29, 1.82) is 0 Å². The fourth-order valence-corrected chi connectivity index (χ4v) is 1.89. The summed E-state index contributed by atoms with van der Waals surface area (Å²) in [6.45, 7) is 4.52. The molecule has 84 valence electrons. The molecule has 16 heavy (non-hydrogen) atoms. The van der Waals surface area contributed by atoms with Gasteiger partial charge in [0.25, 0.3) is 0 Å². The lowest BCUT2D eigenvalue weighted by atomic mass is 10.1. The van der Waals surface area contributed by atoms with E-state index in [1.165, 1.54) is 17.7 Å². The Balaban J connectivity index is 1.99. The van der Waals surface area contributed by atoms with Gasteiger partial charge in [-0.15, -0.1) is 0 Å². The lowest BCUT2D eigenvalue weighted by molar-refractivity contribution is 0.603. The highest BCUT2D eigenvalue weighted by molar-refractivity contribution is 5.97. The molecule has 0 aromatic heterocycles. The summed E-state index contributed by atoms with van der Waals surface area (Å²) < 4.78 is 0. The van der Waals surface area contributed by atoms with Crippen LogP contribution in [0.1, 0.15) is 38.3 Å². The molecule has 0 N–H and O–H groups in total. The Morgan fingerprint density at radius 2 is 1.94 bits per heavy atom. The van der Waals surface area contributed by atoms with E-state index in [-0.39, 0.29) is 6.04 Å². The third kappa shape index (κ3) is 2.82. The largest absolute Gasteiger partial charge is 0.278 e. The first-order valence-electron chi connectivity index (χ1n) is 6.05. The second-order valence-corrected chi connectivity index (χ2v) is 4.77. The maximum absolute atomic E-state index is 4.74. The third-order valence-corrected chi connectivity index (χ3v) is 2.89. The molecular formula is C15H19N. The summed E-state index contributed by atoms with van der Waals surface area (Å²) in [4.78, 5) is 4.74. The summed E-state index contributed by atoms with van der Waals surface area (Å²) in [5.41, 5.74) is 2.54. The zero-order valence-corrected chi connectivity index (χ0v) is 10.1. The molecule has 1 aliphatic heterocycles. The van der Waals surface area contributed by atoms with Gasteiger partial charge in [0.05, 0.1) is 6.04 Å². The lowest BCUT2D eigenvalue weighted by Gasteiger charge is -2.05.